The number of aromatic hydroxyl groups is 1. The van der Waals surface area contributed by atoms with Crippen LogP contribution in [0.25, 0.3) is 0 Å². The van der Waals surface area contributed by atoms with Crippen molar-refractivity contribution in [3.8, 4) is 17.6 Å². The highest BCUT2D eigenvalue weighted by Gasteiger charge is 2.07. The first-order valence-electron chi connectivity index (χ1n) is 4.75. The van der Waals surface area contributed by atoms with Gasteiger partial charge in [-0.3, -0.25) is 4.79 Å². The summed E-state index contributed by atoms with van der Waals surface area (Å²) in [6, 6.07) is 2.66. The van der Waals surface area contributed by atoms with Gasteiger partial charge in [0.2, 0.25) is 0 Å². The molecule has 0 radical (unpaired) electrons. The lowest BCUT2D eigenvalue weighted by atomic mass is 10.1. The van der Waals surface area contributed by atoms with Crippen LogP contribution in [0.2, 0.25) is 5.02 Å². The molecular weight excluding hydrogens is 244 g/mol. The molecule has 0 saturated carbocycles. The maximum Gasteiger partial charge on any atom is 0.384 e. The molecule has 0 aromatic heterocycles. The number of aldehydes is 1. The van der Waals surface area contributed by atoms with E-state index < -0.39 is 5.97 Å². The number of carbonyl (C=O) groups excluding carboxylic acids is 2. The summed E-state index contributed by atoms with van der Waals surface area (Å²) in [6.07, 6.45) is 0.455. The topological polar surface area (TPSA) is 63.6 Å². The molecule has 0 amide bonds. The number of benzene rings is 1. The number of carbonyl (C=O) groups is 2. The fourth-order valence-electron chi connectivity index (χ4n) is 1.09. The van der Waals surface area contributed by atoms with E-state index in [2.05, 4.69) is 16.6 Å². The highest BCUT2D eigenvalue weighted by Crippen LogP contribution is 2.25. The number of hydrogen-bond donors (Lipinski definition) is 1. The molecule has 17 heavy (non-hydrogen) atoms. The molecule has 0 aliphatic carbocycles. The summed E-state index contributed by atoms with van der Waals surface area (Å²) >= 11 is 5.72. The summed E-state index contributed by atoms with van der Waals surface area (Å²) in [5, 5.41) is 9.86. The van der Waals surface area contributed by atoms with Crippen molar-refractivity contribution in [2.24, 2.45) is 0 Å². The Bertz CT molecular complexity index is 511. The molecule has 0 bridgehead atoms. The maximum absolute atomic E-state index is 11.0. The molecule has 88 valence electrons. The van der Waals surface area contributed by atoms with E-state index in [-0.39, 0.29) is 28.5 Å². The quantitative estimate of drug-likeness (QED) is 0.495. The van der Waals surface area contributed by atoms with Gasteiger partial charge in [-0.1, -0.05) is 17.5 Å². The Morgan fingerprint density at radius 2 is 2.29 bits per heavy atom. The molecule has 1 rings (SSSR count). The summed E-state index contributed by atoms with van der Waals surface area (Å²) in [7, 11) is 0. The molecule has 1 aromatic rings. The summed E-state index contributed by atoms with van der Waals surface area (Å²) in [6.45, 7) is 1.87. The molecule has 1 aromatic carbocycles. The van der Waals surface area contributed by atoms with Crippen LogP contribution in [0.1, 0.15) is 22.8 Å². The molecule has 0 aliphatic rings. The van der Waals surface area contributed by atoms with Crippen LogP contribution in [0.5, 0.6) is 5.75 Å². The smallest absolute Gasteiger partial charge is 0.384 e. The van der Waals surface area contributed by atoms with Crippen LogP contribution in [-0.4, -0.2) is 24.0 Å². The van der Waals surface area contributed by atoms with Crippen molar-refractivity contribution in [1.82, 2.24) is 0 Å². The molecular formula is C12H9ClO4. The molecule has 4 nitrogen and oxygen atoms in total. The first-order valence-corrected chi connectivity index (χ1v) is 5.12. The Hall–Kier alpha value is -1.99. The van der Waals surface area contributed by atoms with Crippen molar-refractivity contribution in [3.63, 3.8) is 0 Å². The Morgan fingerprint density at radius 3 is 2.88 bits per heavy atom. The second-order valence-electron chi connectivity index (χ2n) is 2.98. The number of ether oxygens (including phenoxy) is 1. The third kappa shape index (κ3) is 3.51. The summed E-state index contributed by atoms with van der Waals surface area (Å²) in [5.74, 6) is 3.56. The van der Waals surface area contributed by atoms with Crippen LogP contribution in [0.3, 0.4) is 0 Å². The Kier molecular flexibility index (Phi) is 4.56. The molecule has 5 heteroatoms. The lowest BCUT2D eigenvalue weighted by Crippen LogP contribution is -1.99. The van der Waals surface area contributed by atoms with Gasteiger partial charge in [0, 0.05) is 10.9 Å². The van der Waals surface area contributed by atoms with E-state index in [1.54, 1.807) is 6.92 Å². The van der Waals surface area contributed by atoms with E-state index in [1.165, 1.54) is 12.1 Å². The van der Waals surface area contributed by atoms with Gasteiger partial charge < -0.3 is 9.84 Å². The zero-order valence-corrected chi connectivity index (χ0v) is 9.75. The molecule has 0 unspecified atom stereocenters. The number of hydrogen-bond acceptors (Lipinski definition) is 4. The molecule has 0 saturated heterocycles. The van der Waals surface area contributed by atoms with E-state index >= 15 is 0 Å². The molecule has 0 spiro atoms. The largest absolute Gasteiger partial charge is 0.506 e. The molecule has 1 N–H and O–H groups in total. The van der Waals surface area contributed by atoms with Crippen LogP contribution in [0.4, 0.5) is 0 Å². The van der Waals surface area contributed by atoms with Gasteiger partial charge in [-0.25, -0.2) is 4.79 Å². The van der Waals surface area contributed by atoms with Crippen molar-refractivity contribution in [2.45, 2.75) is 6.92 Å². The van der Waals surface area contributed by atoms with Crippen molar-refractivity contribution in [1.29, 1.82) is 0 Å². The van der Waals surface area contributed by atoms with Gasteiger partial charge in [-0.15, -0.1) is 0 Å². The second kappa shape index (κ2) is 5.92. The molecule has 0 atom stereocenters. The first-order chi connectivity index (χ1) is 8.08. The minimum Gasteiger partial charge on any atom is -0.506 e. The van der Waals surface area contributed by atoms with Crippen LogP contribution in [-0.2, 0) is 9.53 Å². The van der Waals surface area contributed by atoms with Gasteiger partial charge >= 0.3 is 5.97 Å². The first kappa shape index (κ1) is 13.1. The standard InChI is InChI=1S/C12H9ClO4/c1-2-17-11(15)4-3-8-5-10(13)6-9(7-14)12(8)16/h5-7,16H,2H2,1H3. The van der Waals surface area contributed by atoms with Crippen LogP contribution in [0.15, 0.2) is 12.1 Å². The van der Waals surface area contributed by atoms with Gasteiger partial charge in [0.25, 0.3) is 0 Å². The Morgan fingerprint density at radius 1 is 1.59 bits per heavy atom. The van der Waals surface area contributed by atoms with Crippen molar-refractivity contribution < 1.29 is 19.4 Å². The zero-order chi connectivity index (χ0) is 12.8. The van der Waals surface area contributed by atoms with E-state index in [9.17, 15) is 14.7 Å². The fourth-order valence-corrected chi connectivity index (χ4v) is 1.32. The fraction of sp³-hybridized carbons (Fsp3) is 0.167. The normalized spacial score (nSPS) is 9.06. The van der Waals surface area contributed by atoms with Crippen molar-refractivity contribution in [3.05, 3.63) is 28.3 Å². The number of halogens is 1. The minimum atomic E-state index is -0.709. The van der Waals surface area contributed by atoms with Gasteiger partial charge in [0.15, 0.2) is 6.29 Å². The number of rotatable bonds is 2. The van der Waals surface area contributed by atoms with Gasteiger partial charge in [0.05, 0.1) is 17.7 Å². The SMILES string of the molecule is CCOC(=O)C#Cc1cc(Cl)cc(C=O)c1O. The van der Waals surface area contributed by atoms with E-state index in [1.807, 2.05) is 0 Å². The highest BCUT2D eigenvalue weighted by atomic mass is 35.5. The van der Waals surface area contributed by atoms with Crippen molar-refractivity contribution >= 4 is 23.9 Å². The summed E-state index contributed by atoms with van der Waals surface area (Å²) < 4.78 is 4.59. The average Bonchev–Trinajstić information content (AvgIpc) is 2.30. The maximum atomic E-state index is 11.0. The molecule has 0 fully saturated rings. The lowest BCUT2D eigenvalue weighted by molar-refractivity contribution is -0.136. The van der Waals surface area contributed by atoms with Crippen LogP contribution in [0, 0.1) is 11.8 Å². The molecule has 0 aliphatic heterocycles. The van der Waals surface area contributed by atoms with E-state index in [0.717, 1.165) is 0 Å². The number of esters is 1. The van der Waals surface area contributed by atoms with E-state index in [0.29, 0.717) is 6.29 Å². The van der Waals surface area contributed by atoms with Gasteiger partial charge in [-0.2, -0.15) is 0 Å². The minimum absolute atomic E-state index is 0.0191. The Labute approximate surface area is 103 Å². The number of phenolic OH excluding ortho intramolecular Hbond substituents is 1. The second-order valence-corrected chi connectivity index (χ2v) is 3.42. The number of phenols is 1. The van der Waals surface area contributed by atoms with Crippen LogP contribution >= 0.6 is 11.6 Å². The summed E-state index contributed by atoms with van der Waals surface area (Å²) in [4.78, 5) is 21.6. The van der Waals surface area contributed by atoms with Gasteiger partial charge in [0.1, 0.15) is 5.75 Å². The third-order valence-electron chi connectivity index (χ3n) is 1.81. The third-order valence-corrected chi connectivity index (χ3v) is 2.02. The van der Waals surface area contributed by atoms with Gasteiger partial charge in [-0.05, 0) is 19.1 Å². The highest BCUT2D eigenvalue weighted by molar-refractivity contribution is 6.31. The molecule has 0 heterocycles. The van der Waals surface area contributed by atoms with Crippen molar-refractivity contribution in [2.75, 3.05) is 6.61 Å². The Balaban J connectivity index is 3.10. The van der Waals surface area contributed by atoms with Crippen LogP contribution < -0.4 is 0 Å². The average molecular weight is 253 g/mol. The monoisotopic (exact) mass is 252 g/mol. The zero-order valence-electron chi connectivity index (χ0n) is 8.99. The van der Waals surface area contributed by atoms with E-state index in [4.69, 9.17) is 11.6 Å². The predicted octanol–water partition coefficient (Wildman–Crippen LogP) is 1.77. The predicted molar refractivity (Wildman–Crippen MR) is 62.0 cm³/mol. The lowest BCUT2D eigenvalue weighted by Gasteiger charge is -2.01. The summed E-state index contributed by atoms with van der Waals surface area (Å²) in [5.41, 5.74) is 0.123.